The molecule has 0 aromatic heterocycles. The third-order valence-corrected chi connectivity index (χ3v) is 9.97. The van der Waals surface area contributed by atoms with Crippen LogP contribution in [0, 0.1) is 5.92 Å². The molecular formula is C35H39F3N2O4. The average molecular weight is 609 g/mol. The van der Waals surface area contributed by atoms with Crippen LogP contribution in [-0.4, -0.2) is 65.1 Å². The van der Waals surface area contributed by atoms with E-state index >= 15 is 0 Å². The van der Waals surface area contributed by atoms with Crippen molar-refractivity contribution < 1.29 is 32.2 Å². The molecule has 0 unspecified atom stereocenters. The van der Waals surface area contributed by atoms with Crippen molar-refractivity contribution in [1.29, 1.82) is 0 Å². The number of piperidine rings is 1. The summed E-state index contributed by atoms with van der Waals surface area (Å²) in [7, 11) is 0. The lowest BCUT2D eigenvalue weighted by molar-refractivity contribution is -0.223. The van der Waals surface area contributed by atoms with E-state index in [-0.39, 0.29) is 29.9 Å². The van der Waals surface area contributed by atoms with Gasteiger partial charge >= 0.3 is 12.1 Å². The predicted octanol–water partition coefficient (Wildman–Crippen LogP) is 6.18. The third kappa shape index (κ3) is 4.75. The summed E-state index contributed by atoms with van der Waals surface area (Å²) in [4.78, 5) is 31.0. The summed E-state index contributed by atoms with van der Waals surface area (Å²) in [5, 5.41) is 0. The monoisotopic (exact) mass is 608 g/mol. The first-order chi connectivity index (χ1) is 20.9. The molecule has 6 rings (SSSR count). The summed E-state index contributed by atoms with van der Waals surface area (Å²) < 4.78 is 53.3. The molecule has 6 nitrogen and oxygen atoms in total. The molecule has 0 radical (unpaired) electrons. The molecule has 2 aromatic carbocycles. The lowest BCUT2D eigenvalue weighted by atomic mass is 9.48. The predicted molar refractivity (Wildman–Crippen MR) is 161 cm³/mol. The summed E-state index contributed by atoms with van der Waals surface area (Å²) in [6.45, 7) is 11.4. The van der Waals surface area contributed by atoms with E-state index in [1.807, 2.05) is 37.0 Å². The number of likely N-dealkylation sites (tertiary alicyclic amines) is 1. The van der Waals surface area contributed by atoms with E-state index in [0.717, 1.165) is 36.4 Å². The average Bonchev–Trinajstić information content (AvgIpc) is 3.30. The van der Waals surface area contributed by atoms with Crippen molar-refractivity contribution in [1.82, 2.24) is 9.80 Å². The molecule has 2 aliphatic heterocycles. The zero-order valence-electron chi connectivity index (χ0n) is 25.4. The molecule has 1 saturated carbocycles. The molecule has 1 amide bonds. The van der Waals surface area contributed by atoms with Crippen LogP contribution in [0.15, 0.2) is 61.2 Å². The fraction of sp³-hybridized carbons (Fsp3) is 0.486. The van der Waals surface area contributed by atoms with Gasteiger partial charge in [-0.2, -0.15) is 13.2 Å². The molecule has 9 heteroatoms. The Labute approximate surface area is 256 Å². The fourth-order valence-electron chi connectivity index (χ4n) is 8.58. The smallest absolute Gasteiger partial charge is 0.416 e. The van der Waals surface area contributed by atoms with E-state index < -0.39 is 28.9 Å². The van der Waals surface area contributed by atoms with Crippen LogP contribution in [0.25, 0.3) is 6.08 Å². The first-order valence-electron chi connectivity index (χ1n) is 15.4. The molecular weight excluding hydrogens is 569 g/mol. The van der Waals surface area contributed by atoms with Crippen LogP contribution in [0.2, 0.25) is 0 Å². The van der Waals surface area contributed by atoms with Gasteiger partial charge in [0.15, 0.2) is 0 Å². The number of rotatable bonds is 8. The number of amides is 1. The van der Waals surface area contributed by atoms with Crippen LogP contribution in [0.5, 0.6) is 5.75 Å². The minimum Gasteiger partial charge on any atom is -0.487 e. The number of esters is 1. The maximum atomic E-state index is 14.0. The van der Waals surface area contributed by atoms with E-state index in [4.69, 9.17) is 9.47 Å². The Morgan fingerprint density at radius 1 is 1.20 bits per heavy atom. The normalized spacial score (nSPS) is 28.8. The Bertz CT molecular complexity index is 1500. The van der Waals surface area contributed by atoms with Crippen LogP contribution in [0.3, 0.4) is 0 Å². The second kappa shape index (κ2) is 11.1. The van der Waals surface area contributed by atoms with Crippen LogP contribution in [0.4, 0.5) is 13.2 Å². The molecule has 1 saturated heterocycles. The zero-order chi connectivity index (χ0) is 31.4. The number of carbonyl (C=O) groups is 2. The Kier molecular flexibility index (Phi) is 7.67. The molecule has 234 valence electrons. The summed E-state index contributed by atoms with van der Waals surface area (Å²) in [6.07, 6.45) is 2.31. The van der Waals surface area contributed by atoms with Gasteiger partial charge in [0.05, 0.1) is 23.1 Å². The molecule has 2 fully saturated rings. The van der Waals surface area contributed by atoms with Crippen molar-refractivity contribution in [3.05, 3.63) is 83.4 Å². The molecule has 0 N–H and O–H groups in total. The number of hydrogen-bond donors (Lipinski definition) is 0. The Morgan fingerprint density at radius 2 is 1.98 bits per heavy atom. The number of nitrogens with zero attached hydrogens (tertiary/aromatic N) is 2. The van der Waals surface area contributed by atoms with E-state index in [0.29, 0.717) is 37.9 Å². The molecule has 2 aliphatic carbocycles. The summed E-state index contributed by atoms with van der Waals surface area (Å²) >= 11 is 0. The third-order valence-electron chi connectivity index (χ3n) is 9.97. The first-order valence-corrected chi connectivity index (χ1v) is 15.4. The maximum Gasteiger partial charge on any atom is 0.416 e. The van der Waals surface area contributed by atoms with Gasteiger partial charge in [-0.1, -0.05) is 44.2 Å². The highest BCUT2D eigenvalue weighted by molar-refractivity contribution is 5.92. The summed E-state index contributed by atoms with van der Waals surface area (Å²) in [5.41, 5.74) is 0.338. The van der Waals surface area contributed by atoms with Crippen LogP contribution in [0.1, 0.15) is 62.3 Å². The van der Waals surface area contributed by atoms with Gasteiger partial charge in [-0.25, -0.2) is 0 Å². The van der Waals surface area contributed by atoms with Gasteiger partial charge in [0, 0.05) is 38.2 Å². The van der Waals surface area contributed by atoms with Gasteiger partial charge in [0.2, 0.25) is 5.91 Å². The van der Waals surface area contributed by atoms with Crippen molar-refractivity contribution in [2.45, 2.75) is 81.8 Å². The minimum atomic E-state index is -4.47. The molecule has 4 aliphatic rings. The Balaban J connectivity index is 1.41. The van der Waals surface area contributed by atoms with E-state index in [2.05, 4.69) is 17.5 Å². The number of halogens is 3. The van der Waals surface area contributed by atoms with Crippen LogP contribution >= 0.6 is 0 Å². The van der Waals surface area contributed by atoms with Gasteiger partial charge in [-0.3, -0.25) is 14.5 Å². The van der Waals surface area contributed by atoms with E-state index in [1.54, 1.807) is 6.07 Å². The standard InChI is InChI=1S/C35H39F3N2O4/c1-5-17-39-18-16-33-31-25-9-7-11-28(31)43-32(33)27(14-15-34(33,29(39)20-25)44-23(4)41)40(21-22(2)3)30(42)13-12-24-8-6-10-26(19-24)35(36,37)38/h5-13,19,22,27,29,32H,1,14-18,20-21H2,2-4H3/t27-,29+,32-,33-,34+/m0/s1. The highest BCUT2D eigenvalue weighted by atomic mass is 19.4. The van der Waals surface area contributed by atoms with Crippen molar-refractivity contribution in [2.24, 2.45) is 5.92 Å². The number of hydrogen-bond acceptors (Lipinski definition) is 5. The van der Waals surface area contributed by atoms with Crippen molar-refractivity contribution in [3.63, 3.8) is 0 Å². The highest BCUT2D eigenvalue weighted by Gasteiger charge is 2.75. The lowest BCUT2D eigenvalue weighted by Gasteiger charge is -2.65. The number of ether oxygens (including phenoxy) is 2. The molecule has 2 bridgehead atoms. The number of carbonyl (C=O) groups excluding carboxylic acids is 2. The second-order valence-corrected chi connectivity index (χ2v) is 13.0. The summed E-state index contributed by atoms with van der Waals surface area (Å²) in [5.74, 6) is 0.294. The molecule has 44 heavy (non-hydrogen) atoms. The van der Waals surface area contributed by atoms with Crippen molar-refractivity contribution in [2.75, 3.05) is 19.6 Å². The molecule has 5 atom stereocenters. The Hall–Kier alpha value is -3.59. The SMILES string of the molecule is C=CCN1CC[C@]23c4c5cccc4O[C@H]2[C@@H](N(CC(C)C)C(=O)C=Cc2cccc(C(F)(F)F)c2)CC[C@@]3(OC(C)=O)[C@H]1C5. The summed E-state index contributed by atoms with van der Waals surface area (Å²) in [6, 6.07) is 10.7. The number of benzene rings is 2. The van der Waals surface area contributed by atoms with E-state index in [1.165, 1.54) is 30.7 Å². The van der Waals surface area contributed by atoms with Crippen LogP contribution in [-0.2, 0) is 32.3 Å². The van der Waals surface area contributed by atoms with E-state index in [9.17, 15) is 22.8 Å². The van der Waals surface area contributed by atoms with Gasteiger partial charge in [0.1, 0.15) is 17.5 Å². The van der Waals surface area contributed by atoms with Gasteiger partial charge < -0.3 is 14.4 Å². The quantitative estimate of drug-likeness (QED) is 0.204. The van der Waals surface area contributed by atoms with Gasteiger partial charge in [-0.15, -0.1) is 6.58 Å². The fourth-order valence-corrected chi connectivity index (χ4v) is 8.58. The Morgan fingerprint density at radius 3 is 2.68 bits per heavy atom. The first kappa shape index (κ1) is 30.4. The largest absolute Gasteiger partial charge is 0.487 e. The van der Waals surface area contributed by atoms with Gasteiger partial charge in [-0.05, 0) is 67.0 Å². The zero-order valence-corrected chi connectivity index (χ0v) is 25.4. The van der Waals surface area contributed by atoms with Crippen molar-refractivity contribution in [3.8, 4) is 5.75 Å². The second-order valence-electron chi connectivity index (χ2n) is 13.0. The molecule has 1 spiro atoms. The lowest BCUT2D eigenvalue weighted by Crippen LogP contribution is -2.79. The van der Waals surface area contributed by atoms with Crippen molar-refractivity contribution >= 4 is 18.0 Å². The van der Waals surface area contributed by atoms with Crippen LogP contribution < -0.4 is 4.74 Å². The number of alkyl halides is 3. The maximum absolute atomic E-state index is 14.0. The minimum absolute atomic E-state index is 0.0684. The van der Waals surface area contributed by atoms with Gasteiger partial charge in [0.25, 0.3) is 0 Å². The molecule has 2 heterocycles. The molecule has 2 aromatic rings. The highest BCUT2D eigenvalue weighted by Crippen LogP contribution is 2.65. The topological polar surface area (TPSA) is 59.1 Å².